The molecule has 9 nitrogen and oxygen atoms in total. The summed E-state index contributed by atoms with van der Waals surface area (Å²) in [5.74, 6) is -0.525. The minimum atomic E-state index is -1.03. The SMILES string of the molecule is COc1ccc(Cn2cc(Br)c(C)c(NC(=O)C(Cc3ccc(C(C)(C)C(=O)OC(C)(C)C)cc3)NC(=O)Cc3ccc4ccccc4c3)c2=O)cc1. The van der Waals surface area contributed by atoms with E-state index in [1.807, 2.05) is 112 Å². The summed E-state index contributed by atoms with van der Waals surface area (Å²) in [6.07, 6.45) is 1.89. The average molecular weight is 781 g/mol. The number of carbonyl (C=O) groups is 3. The van der Waals surface area contributed by atoms with Crippen LogP contribution in [0.1, 0.15) is 62.4 Å². The Labute approximate surface area is 318 Å². The van der Waals surface area contributed by atoms with Crippen molar-refractivity contribution in [2.75, 3.05) is 12.4 Å². The largest absolute Gasteiger partial charge is 0.497 e. The van der Waals surface area contributed by atoms with Gasteiger partial charge in [0.1, 0.15) is 23.1 Å². The van der Waals surface area contributed by atoms with Crippen LogP contribution in [0.4, 0.5) is 5.69 Å². The number of ether oxygens (including phenoxy) is 2. The summed E-state index contributed by atoms with van der Waals surface area (Å²) < 4.78 is 13.1. The smallest absolute Gasteiger partial charge is 0.316 e. The van der Waals surface area contributed by atoms with Crippen molar-refractivity contribution in [3.05, 3.63) is 140 Å². The number of benzene rings is 4. The standard InChI is InChI=1S/C43H46BrN3O6/c1-27-35(44)26-47(25-29-15-20-34(52-7)21-16-29)40(50)38(27)46-39(49)36(45-37(48)24-30-12-17-31-10-8-9-11-32(31)22-30)23-28-13-18-33(19-14-28)43(5,6)41(51)53-42(2,3)4/h8-22,26,36H,23-25H2,1-7H3,(H,45,48)(H,46,49). The molecule has 0 fully saturated rings. The Morgan fingerprint density at radius 1 is 0.830 bits per heavy atom. The summed E-state index contributed by atoms with van der Waals surface area (Å²) in [6.45, 7) is 11.1. The normalized spacial score (nSPS) is 12.2. The van der Waals surface area contributed by atoms with Crippen molar-refractivity contribution in [2.45, 2.75) is 78.0 Å². The van der Waals surface area contributed by atoms with Gasteiger partial charge < -0.3 is 24.7 Å². The van der Waals surface area contributed by atoms with Gasteiger partial charge in [-0.15, -0.1) is 0 Å². The van der Waals surface area contributed by atoms with E-state index in [4.69, 9.17) is 9.47 Å². The summed E-state index contributed by atoms with van der Waals surface area (Å²) in [6, 6.07) is 27.4. The van der Waals surface area contributed by atoms with Crippen LogP contribution < -0.4 is 20.9 Å². The molecule has 0 aliphatic rings. The molecule has 0 saturated heterocycles. The molecule has 2 N–H and O–H groups in total. The minimum absolute atomic E-state index is 0.0577. The van der Waals surface area contributed by atoms with Gasteiger partial charge in [0.15, 0.2) is 0 Å². The van der Waals surface area contributed by atoms with Gasteiger partial charge >= 0.3 is 5.97 Å². The lowest BCUT2D eigenvalue weighted by atomic mass is 9.84. The van der Waals surface area contributed by atoms with Crippen molar-refractivity contribution >= 4 is 50.2 Å². The Balaban J connectivity index is 1.41. The highest BCUT2D eigenvalue weighted by atomic mass is 79.9. The van der Waals surface area contributed by atoms with E-state index in [1.54, 1.807) is 34.1 Å². The van der Waals surface area contributed by atoms with E-state index >= 15 is 0 Å². The lowest BCUT2D eigenvalue weighted by Gasteiger charge is -2.29. The Morgan fingerprint density at radius 3 is 2.09 bits per heavy atom. The molecular weight excluding hydrogens is 734 g/mol. The van der Waals surface area contributed by atoms with Crippen molar-refractivity contribution in [2.24, 2.45) is 0 Å². The highest BCUT2D eigenvalue weighted by Crippen LogP contribution is 2.28. The van der Waals surface area contributed by atoms with Gasteiger partial charge in [-0.2, -0.15) is 0 Å². The molecule has 0 radical (unpaired) electrons. The van der Waals surface area contributed by atoms with Crippen molar-refractivity contribution in [3.8, 4) is 5.75 Å². The molecule has 53 heavy (non-hydrogen) atoms. The zero-order valence-electron chi connectivity index (χ0n) is 31.2. The number of fused-ring (bicyclic) bond motifs is 1. The lowest BCUT2D eigenvalue weighted by molar-refractivity contribution is -0.160. The van der Waals surface area contributed by atoms with Crippen LogP contribution in [0, 0.1) is 6.92 Å². The summed E-state index contributed by atoms with van der Waals surface area (Å²) in [5, 5.41) is 7.86. The van der Waals surface area contributed by atoms with E-state index in [9.17, 15) is 19.2 Å². The molecule has 0 spiro atoms. The topological polar surface area (TPSA) is 116 Å². The fourth-order valence-corrected chi connectivity index (χ4v) is 6.37. The number of nitrogens with zero attached hydrogens (tertiary/aromatic N) is 1. The van der Waals surface area contributed by atoms with Crippen LogP contribution in [-0.4, -0.2) is 41.1 Å². The fraction of sp³-hybridized carbons (Fsp3) is 0.302. The van der Waals surface area contributed by atoms with Crippen molar-refractivity contribution in [1.82, 2.24) is 9.88 Å². The molecule has 4 aromatic carbocycles. The number of anilines is 1. The Morgan fingerprint density at radius 2 is 1.45 bits per heavy atom. The first-order chi connectivity index (χ1) is 25.0. The van der Waals surface area contributed by atoms with Crippen LogP contribution in [0.25, 0.3) is 10.8 Å². The maximum atomic E-state index is 14.1. The first-order valence-corrected chi connectivity index (χ1v) is 18.3. The molecular formula is C43H46BrN3O6. The highest BCUT2D eigenvalue weighted by molar-refractivity contribution is 9.10. The van der Waals surface area contributed by atoms with E-state index in [1.165, 1.54) is 4.57 Å². The fourth-order valence-electron chi connectivity index (χ4n) is 5.92. The van der Waals surface area contributed by atoms with E-state index in [2.05, 4.69) is 26.6 Å². The van der Waals surface area contributed by atoms with Crippen LogP contribution in [0.2, 0.25) is 0 Å². The molecule has 0 aliphatic heterocycles. The van der Waals surface area contributed by atoms with Gasteiger partial charge in [-0.05, 0) is 108 Å². The second-order valence-electron chi connectivity index (χ2n) is 14.8. The number of methoxy groups -OCH3 is 1. The quantitative estimate of drug-likeness (QED) is 0.126. The van der Waals surface area contributed by atoms with Crippen molar-refractivity contribution in [1.29, 1.82) is 0 Å². The van der Waals surface area contributed by atoms with E-state index in [-0.39, 0.29) is 42.5 Å². The van der Waals surface area contributed by atoms with Gasteiger partial charge in [0.2, 0.25) is 11.8 Å². The third kappa shape index (κ3) is 9.81. The average Bonchev–Trinajstić information content (AvgIpc) is 3.11. The molecule has 0 bridgehead atoms. The maximum Gasteiger partial charge on any atom is 0.316 e. The number of nitrogens with one attached hydrogen (secondary N) is 2. The van der Waals surface area contributed by atoms with Crippen LogP contribution in [0.15, 0.2) is 106 Å². The van der Waals surface area contributed by atoms with Gasteiger partial charge in [0.05, 0.1) is 25.5 Å². The monoisotopic (exact) mass is 779 g/mol. The summed E-state index contributed by atoms with van der Waals surface area (Å²) >= 11 is 3.56. The third-order valence-corrected chi connectivity index (χ3v) is 9.89. The van der Waals surface area contributed by atoms with Gasteiger partial charge in [-0.25, -0.2) is 0 Å². The molecule has 10 heteroatoms. The first-order valence-electron chi connectivity index (χ1n) is 17.5. The number of rotatable bonds is 12. The minimum Gasteiger partial charge on any atom is -0.497 e. The molecule has 5 rings (SSSR count). The number of aromatic nitrogens is 1. The zero-order valence-corrected chi connectivity index (χ0v) is 32.8. The van der Waals surface area contributed by atoms with Crippen LogP contribution in [0.5, 0.6) is 5.75 Å². The second-order valence-corrected chi connectivity index (χ2v) is 15.6. The van der Waals surface area contributed by atoms with Crippen molar-refractivity contribution in [3.63, 3.8) is 0 Å². The van der Waals surface area contributed by atoms with Crippen LogP contribution >= 0.6 is 15.9 Å². The molecule has 5 aromatic rings. The van der Waals surface area contributed by atoms with Gasteiger partial charge in [-0.1, -0.05) is 78.9 Å². The summed E-state index contributed by atoms with van der Waals surface area (Å²) in [4.78, 5) is 54.5. The summed E-state index contributed by atoms with van der Waals surface area (Å²) in [7, 11) is 1.59. The number of esters is 1. The molecule has 1 atom stereocenters. The maximum absolute atomic E-state index is 14.1. The van der Waals surface area contributed by atoms with Gasteiger partial charge in [-0.3, -0.25) is 19.2 Å². The first kappa shape index (κ1) is 39.0. The highest BCUT2D eigenvalue weighted by Gasteiger charge is 2.34. The number of hydrogen-bond donors (Lipinski definition) is 2. The molecule has 1 unspecified atom stereocenters. The molecule has 1 aromatic heterocycles. The van der Waals surface area contributed by atoms with Crippen molar-refractivity contribution < 1.29 is 23.9 Å². The van der Waals surface area contributed by atoms with Crippen LogP contribution in [-0.2, 0) is 43.9 Å². The van der Waals surface area contributed by atoms with Gasteiger partial charge in [0.25, 0.3) is 5.56 Å². The van der Waals surface area contributed by atoms with E-state index < -0.39 is 23.0 Å². The molecule has 276 valence electrons. The lowest BCUT2D eigenvalue weighted by Crippen LogP contribution is -2.46. The number of hydrogen-bond acceptors (Lipinski definition) is 6. The number of amides is 2. The predicted molar refractivity (Wildman–Crippen MR) is 212 cm³/mol. The second kappa shape index (κ2) is 16.2. The zero-order chi connectivity index (χ0) is 38.5. The molecule has 1 heterocycles. The molecule has 2 amide bonds. The Kier molecular flexibility index (Phi) is 11.9. The van der Waals surface area contributed by atoms with E-state index in [0.717, 1.165) is 33.0 Å². The predicted octanol–water partition coefficient (Wildman–Crippen LogP) is 7.66. The van der Waals surface area contributed by atoms with Gasteiger partial charge in [0, 0.05) is 17.1 Å². The number of carbonyl (C=O) groups excluding carboxylic acids is 3. The molecule has 0 aliphatic carbocycles. The third-order valence-electron chi connectivity index (χ3n) is 9.09. The summed E-state index contributed by atoms with van der Waals surface area (Å²) in [5.41, 5.74) is 1.92. The Bertz CT molecular complexity index is 2180. The Hall–Kier alpha value is -5.22. The van der Waals surface area contributed by atoms with E-state index in [0.29, 0.717) is 15.8 Å². The number of halogens is 1. The van der Waals surface area contributed by atoms with Crippen LogP contribution in [0.3, 0.4) is 0 Å². The molecule has 0 saturated carbocycles. The number of pyridine rings is 1.